The molecule has 6 heteroatoms. The fraction of sp³-hybridized carbons (Fsp3) is 0.208. The molecule has 1 saturated carbocycles. The number of benzene rings is 2. The van der Waals surface area contributed by atoms with E-state index in [1.165, 1.54) is 12.5 Å². The summed E-state index contributed by atoms with van der Waals surface area (Å²) in [7, 11) is 1.60. The fourth-order valence-electron chi connectivity index (χ4n) is 3.58. The molecule has 1 aliphatic carbocycles. The van der Waals surface area contributed by atoms with Crippen LogP contribution in [-0.2, 0) is 14.3 Å². The minimum atomic E-state index is -0.829. The summed E-state index contributed by atoms with van der Waals surface area (Å²) >= 11 is 1.63. The maximum atomic E-state index is 12.9. The van der Waals surface area contributed by atoms with Crippen LogP contribution in [0.4, 0.5) is 5.69 Å². The van der Waals surface area contributed by atoms with Crippen molar-refractivity contribution in [3.63, 3.8) is 0 Å². The minimum Gasteiger partial charge on any atom is -0.497 e. The summed E-state index contributed by atoms with van der Waals surface area (Å²) in [6.07, 6.45) is 5.15. The van der Waals surface area contributed by atoms with Crippen molar-refractivity contribution in [3.05, 3.63) is 84.5 Å². The zero-order valence-electron chi connectivity index (χ0n) is 17.0. The van der Waals surface area contributed by atoms with Crippen molar-refractivity contribution < 1.29 is 19.1 Å². The maximum absolute atomic E-state index is 12.9. The van der Waals surface area contributed by atoms with Crippen LogP contribution in [0.25, 0.3) is 0 Å². The van der Waals surface area contributed by atoms with E-state index < -0.39 is 12.1 Å². The number of β-lactam (4-membered cyclic amide) rings is 1. The minimum absolute atomic E-state index is 0.229. The third kappa shape index (κ3) is 4.06. The molecule has 30 heavy (non-hydrogen) atoms. The molecule has 5 radical (unpaired) electrons. The molecule has 2 aromatic carbocycles. The smallest absolute Gasteiger partial charge is 0.303 e. The van der Waals surface area contributed by atoms with Gasteiger partial charge in [-0.1, -0.05) is 17.7 Å². The summed E-state index contributed by atoms with van der Waals surface area (Å²) in [4.78, 5) is 27.3. The lowest BCUT2D eigenvalue weighted by Gasteiger charge is -2.49. The first-order valence-electron chi connectivity index (χ1n) is 9.62. The number of esters is 1. The fourth-order valence-corrected chi connectivity index (χ4v) is 4.56. The predicted octanol–water partition coefficient (Wildman–Crippen LogP) is 4.18. The van der Waals surface area contributed by atoms with Crippen LogP contribution in [0.1, 0.15) is 12.5 Å². The van der Waals surface area contributed by atoms with E-state index in [1.807, 2.05) is 43.5 Å². The number of anilines is 1. The van der Waals surface area contributed by atoms with E-state index in [9.17, 15) is 9.59 Å². The van der Waals surface area contributed by atoms with Crippen LogP contribution in [0.3, 0.4) is 0 Å². The lowest BCUT2D eigenvalue weighted by Crippen LogP contribution is -2.68. The van der Waals surface area contributed by atoms with E-state index in [4.69, 9.17) is 9.47 Å². The average Bonchev–Trinajstić information content (AvgIpc) is 3.19. The summed E-state index contributed by atoms with van der Waals surface area (Å²) < 4.78 is 10.6. The van der Waals surface area contributed by atoms with Gasteiger partial charge in [-0.25, -0.2) is 0 Å². The van der Waals surface area contributed by atoms with Crippen LogP contribution in [0.5, 0.6) is 5.75 Å². The first-order valence-corrected chi connectivity index (χ1v) is 10.4. The monoisotopic (exact) mass is 420 g/mol. The highest BCUT2D eigenvalue weighted by Crippen LogP contribution is 2.51. The zero-order chi connectivity index (χ0) is 21.3. The van der Waals surface area contributed by atoms with Crippen LogP contribution in [0, 0.1) is 37.4 Å². The van der Waals surface area contributed by atoms with Gasteiger partial charge in [0.25, 0.3) is 5.91 Å². The number of ether oxygens (including phenoxy) is 2. The molecule has 0 bridgehead atoms. The number of carbonyl (C=O) groups is 2. The van der Waals surface area contributed by atoms with Gasteiger partial charge in [-0.15, -0.1) is 11.8 Å². The molecule has 4 rings (SSSR count). The largest absolute Gasteiger partial charge is 0.497 e. The molecule has 1 aliphatic heterocycles. The van der Waals surface area contributed by atoms with Crippen LogP contribution in [0.2, 0.25) is 0 Å². The topological polar surface area (TPSA) is 55.8 Å². The summed E-state index contributed by atoms with van der Waals surface area (Å²) in [5.74, 6) is 0.978. The standard InChI is InChI=1S/C24H22NO4S/c1-15-7-13-19(14-8-15)30-21-6-4-5-20(21)22-23(29-16(2)26)24(27)25(22)17-9-11-18(28-3)12-10-17/h4-14,22-23H,1-3H3/t22-,23+/m1/s1. The summed E-state index contributed by atoms with van der Waals surface area (Å²) in [6.45, 7) is 3.38. The lowest BCUT2D eigenvalue weighted by molar-refractivity contribution is -0.159. The second-order valence-electron chi connectivity index (χ2n) is 7.14. The van der Waals surface area contributed by atoms with Gasteiger partial charge in [0, 0.05) is 28.7 Å². The Morgan fingerprint density at radius 1 is 1.03 bits per heavy atom. The van der Waals surface area contributed by atoms with E-state index in [2.05, 4.69) is 31.2 Å². The molecule has 1 saturated heterocycles. The molecule has 2 fully saturated rings. The number of methoxy groups -OCH3 is 1. The summed E-state index contributed by atoms with van der Waals surface area (Å²) in [5.41, 5.74) is 1.94. The SMILES string of the molecule is COc1ccc(N2C(=O)[C@@H](OC(C)=O)[C@H]2[C]2[CH][CH][CH][C]2Sc2ccc(C)cc2)cc1. The molecule has 0 aromatic heterocycles. The number of nitrogens with zero attached hydrogens (tertiary/aromatic N) is 1. The number of aryl methyl sites for hydroxylation is 1. The maximum Gasteiger partial charge on any atom is 0.303 e. The van der Waals surface area contributed by atoms with Crippen molar-refractivity contribution in [3.8, 4) is 5.75 Å². The number of thioether (sulfide) groups is 1. The van der Waals surface area contributed by atoms with Crippen LogP contribution < -0.4 is 9.64 Å². The van der Waals surface area contributed by atoms with Gasteiger partial charge in [0.05, 0.1) is 13.2 Å². The Balaban J connectivity index is 1.59. The highest BCUT2D eigenvalue weighted by Gasteiger charge is 2.57. The van der Waals surface area contributed by atoms with Crippen molar-refractivity contribution in [2.45, 2.75) is 30.9 Å². The number of amides is 1. The van der Waals surface area contributed by atoms with Crippen LogP contribution in [-0.4, -0.2) is 31.1 Å². The van der Waals surface area contributed by atoms with E-state index in [-0.39, 0.29) is 11.9 Å². The van der Waals surface area contributed by atoms with E-state index in [1.54, 1.807) is 23.8 Å². The summed E-state index contributed by atoms with van der Waals surface area (Å²) in [6, 6.07) is 15.2. The Morgan fingerprint density at radius 3 is 2.37 bits per heavy atom. The van der Waals surface area contributed by atoms with E-state index in [0.717, 1.165) is 21.8 Å². The Morgan fingerprint density at radius 2 is 1.73 bits per heavy atom. The third-order valence-electron chi connectivity index (χ3n) is 5.06. The molecule has 153 valence electrons. The van der Waals surface area contributed by atoms with E-state index >= 15 is 0 Å². The molecular weight excluding hydrogens is 398 g/mol. The molecule has 0 spiro atoms. The molecule has 2 aromatic rings. The molecule has 2 atom stereocenters. The molecular formula is C24H22NO4S. The van der Waals surface area contributed by atoms with Crippen molar-refractivity contribution in [1.82, 2.24) is 0 Å². The molecule has 5 nitrogen and oxygen atoms in total. The Kier molecular flexibility index (Phi) is 6.04. The van der Waals surface area contributed by atoms with Crippen LogP contribution in [0.15, 0.2) is 53.4 Å². The highest BCUT2D eigenvalue weighted by molar-refractivity contribution is 8.02. The zero-order valence-corrected chi connectivity index (χ0v) is 17.8. The Labute approximate surface area is 181 Å². The summed E-state index contributed by atoms with van der Waals surface area (Å²) in [5, 5.41) is 1.03. The third-order valence-corrected chi connectivity index (χ3v) is 6.16. The average molecular weight is 421 g/mol. The second-order valence-corrected chi connectivity index (χ2v) is 8.26. The highest BCUT2D eigenvalue weighted by atomic mass is 32.2. The van der Waals surface area contributed by atoms with Gasteiger partial charge in [-0.3, -0.25) is 9.59 Å². The molecule has 2 aliphatic rings. The van der Waals surface area contributed by atoms with Crippen molar-refractivity contribution in [2.24, 2.45) is 0 Å². The van der Waals surface area contributed by atoms with Crippen LogP contribution >= 0.6 is 11.8 Å². The molecule has 1 heterocycles. The first-order chi connectivity index (χ1) is 14.5. The number of hydrogen-bond donors (Lipinski definition) is 0. The van der Waals surface area contributed by atoms with Gasteiger partial charge >= 0.3 is 5.97 Å². The predicted molar refractivity (Wildman–Crippen MR) is 116 cm³/mol. The molecule has 0 N–H and O–H groups in total. The number of carbonyl (C=O) groups excluding carboxylic acids is 2. The first kappa shape index (κ1) is 20.8. The second kappa shape index (κ2) is 8.72. The van der Waals surface area contributed by atoms with Gasteiger partial charge in [0.15, 0.2) is 0 Å². The van der Waals surface area contributed by atoms with E-state index in [0.29, 0.717) is 5.75 Å². The van der Waals surface area contributed by atoms with Gasteiger partial charge in [-0.2, -0.15) is 0 Å². The Hall–Kier alpha value is -2.47. The molecule has 1 amide bonds. The van der Waals surface area contributed by atoms with Crippen molar-refractivity contribution in [1.29, 1.82) is 0 Å². The lowest BCUT2D eigenvalue weighted by atomic mass is 9.83. The quantitative estimate of drug-likeness (QED) is 0.518. The molecule has 0 unspecified atom stereocenters. The van der Waals surface area contributed by atoms with Crippen molar-refractivity contribution in [2.75, 3.05) is 12.0 Å². The van der Waals surface area contributed by atoms with Gasteiger partial charge in [0.2, 0.25) is 6.10 Å². The van der Waals surface area contributed by atoms with Crippen molar-refractivity contribution >= 4 is 29.3 Å². The number of hydrogen-bond acceptors (Lipinski definition) is 5. The van der Waals surface area contributed by atoms with Gasteiger partial charge in [0.1, 0.15) is 5.75 Å². The van der Waals surface area contributed by atoms with Gasteiger partial charge < -0.3 is 14.4 Å². The van der Waals surface area contributed by atoms with Gasteiger partial charge in [-0.05, 0) is 62.6 Å². The Bertz CT molecular complexity index is 912. The normalized spacial score (nSPS) is 22.1. The number of rotatable bonds is 6.